The number of alkyl carbamates (subject to hydrolysis) is 1. The average molecular weight is 274 g/mol. The van der Waals surface area contributed by atoms with Crippen LogP contribution >= 0.6 is 0 Å². The van der Waals surface area contributed by atoms with E-state index in [9.17, 15) is 9.59 Å². The van der Waals surface area contributed by atoms with E-state index in [0.717, 1.165) is 0 Å². The predicted molar refractivity (Wildman–Crippen MR) is 72.9 cm³/mol. The second-order valence-electron chi connectivity index (χ2n) is 5.77. The Balaban J connectivity index is 4.61. The largest absolute Gasteiger partial charge is 0.467 e. The van der Waals surface area contributed by atoms with Gasteiger partial charge in [0.15, 0.2) is 0 Å². The van der Waals surface area contributed by atoms with Gasteiger partial charge in [0.2, 0.25) is 0 Å². The Morgan fingerprint density at radius 1 is 1.26 bits per heavy atom. The van der Waals surface area contributed by atoms with Crippen molar-refractivity contribution in [1.82, 2.24) is 10.2 Å². The van der Waals surface area contributed by atoms with Gasteiger partial charge in [0, 0.05) is 6.04 Å². The standard InChI is InChI=1S/C13H26N2O4/c1-9(15(5)6)8-10(11(16)18-7)14-12(17)19-13(2,3)4/h9-10H,8H2,1-7H3,(H,14,17)/t9?,10-/m0/s1. The van der Waals surface area contributed by atoms with Gasteiger partial charge in [-0.15, -0.1) is 0 Å². The maximum absolute atomic E-state index is 11.7. The Morgan fingerprint density at radius 3 is 2.16 bits per heavy atom. The van der Waals surface area contributed by atoms with Crippen LogP contribution < -0.4 is 5.32 Å². The molecule has 0 rings (SSSR count). The van der Waals surface area contributed by atoms with Crippen LogP contribution in [-0.4, -0.2) is 55.9 Å². The quantitative estimate of drug-likeness (QED) is 0.767. The monoisotopic (exact) mass is 274 g/mol. The van der Waals surface area contributed by atoms with Crippen LogP contribution in [0, 0.1) is 0 Å². The zero-order valence-electron chi connectivity index (χ0n) is 12.9. The number of nitrogens with zero attached hydrogens (tertiary/aromatic N) is 1. The summed E-state index contributed by atoms with van der Waals surface area (Å²) in [6, 6.07) is -0.587. The smallest absolute Gasteiger partial charge is 0.408 e. The number of amides is 1. The van der Waals surface area contributed by atoms with E-state index in [1.54, 1.807) is 20.8 Å². The van der Waals surface area contributed by atoms with Crippen molar-refractivity contribution in [1.29, 1.82) is 0 Å². The topological polar surface area (TPSA) is 67.9 Å². The third kappa shape index (κ3) is 7.66. The molecule has 19 heavy (non-hydrogen) atoms. The van der Waals surface area contributed by atoms with Crippen molar-refractivity contribution in [3.8, 4) is 0 Å². The van der Waals surface area contributed by atoms with Gasteiger partial charge < -0.3 is 19.7 Å². The summed E-state index contributed by atoms with van der Waals surface area (Å²) >= 11 is 0. The van der Waals surface area contributed by atoms with Crippen molar-refractivity contribution in [2.45, 2.75) is 51.8 Å². The summed E-state index contributed by atoms with van der Waals surface area (Å²) in [5, 5.41) is 2.55. The summed E-state index contributed by atoms with van der Waals surface area (Å²) in [6.07, 6.45) is -0.160. The molecule has 0 aliphatic heterocycles. The second kappa shape index (κ2) is 7.33. The molecule has 0 aliphatic carbocycles. The molecule has 112 valence electrons. The van der Waals surface area contributed by atoms with Crippen LogP contribution in [0.25, 0.3) is 0 Å². The van der Waals surface area contributed by atoms with E-state index in [1.165, 1.54) is 7.11 Å². The van der Waals surface area contributed by atoms with E-state index >= 15 is 0 Å². The number of nitrogens with one attached hydrogen (secondary N) is 1. The average Bonchev–Trinajstić information content (AvgIpc) is 2.24. The predicted octanol–water partition coefficient (Wildman–Crippen LogP) is 1.39. The van der Waals surface area contributed by atoms with E-state index < -0.39 is 23.7 Å². The minimum Gasteiger partial charge on any atom is -0.467 e. The summed E-state index contributed by atoms with van der Waals surface area (Å²) in [5.74, 6) is -0.473. The van der Waals surface area contributed by atoms with E-state index in [0.29, 0.717) is 6.42 Å². The highest BCUT2D eigenvalue weighted by Gasteiger charge is 2.27. The lowest BCUT2D eigenvalue weighted by Crippen LogP contribution is -2.46. The highest BCUT2D eigenvalue weighted by molar-refractivity contribution is 5.81. The molecular weight excluding hydrogens is 248 g/mol. The minimum absolute atomic E-state index is 0.124. The molecule has 6 heteroatoms. The molecular formula is C13H26N2O4. The molecule has 1 unspecified atom stereocenters. The summed E-state index contributed by atoms with van der Waals surface area (Å²) in [7, 11) is 5.12. The van der Waals surface area contributed by atoms with Crippen molar-refractivity contribution in [3.63, 3.8) is 0 Å². The first kappa shape index (κ1) is 17.7. The molecule has 0 aromatic rings. The highest BCUT2D eigenvalue weighted by Crippen LogP contribution is 2.09. The Morgan fingerprint density at radius 2 is 1.79 bits per heavy atom. The van der Waals surface area contributed by atoms with Gasteiger partial charge in [-0.05, 0) is 48.2 Å². The van der Waals surface area contributed by atoms with Crippen LogP contribution in [0.3, 0.4) is 0 Å². The number of carbonyl (C=O) groups is 2. The molecule has 0 spiro atoms. The first-order valence-electron chi connectivity index (χ1n) is 6.30. The van der Waals surface area contributed by atoms with Crippen molar-refractivity contribution >= 4 is 12.1 Å². The fraction of sp³-hybridized carbons (Fsp3) is 0.846. The van der Waals surface area contributed by atoms with Gasteiger partial charge in [0.05, 0.1) is 7.11 Å². The summed E-state index contributed by atoms with van der Waals surface area (Å²) in [5.41, 5.74) is -0.599. The SMILES string of the molecule is COC(=O)[C@H](CC(C)N(C)C)NC(=O)OC(C)(C)C. The van der Waals surface area contributed by atoms with E-state index in [4.69, 9.17) is 9.47 Å². The molecule has 1 amide bonds. The lowest BCUT2D eigenvalue weighted by molar-refractivity contribution is -0.143. The van der Waals surface area contributed by atoms with Gasteiger partial charge in [-0.2, -0.15) is 0 Å². The van der Waals surface area contributed by atoms with Gasteiger partial charge in [-0.1, -0.05) is 0 Å². The normalized spacial score (nSPS) is 14.7. The molecule has 0 bridgehead atoms. The number of methoxy groups -OCH3 is 1. The number of esters is 1. The fourth-order valence-corrected chi connectivity index (χ4v) is 1.36. The number of hydrogen-bond donors (Lipinski definition) is 1. The Hall–Kier alpha value is -1.30. The van der Waals surface area contributed by atoms with Crippen LogP contribution in [0.4, 0.5) is 4.79 Å². The third-order valence-electron chi connectivity index (χ3n) is 2.64. The molecule has 0 aromatic carbocycles. The number of ether oxygens (including phenoxy) is 2. The van der Waals surface area contributed by atoms with Crippen LogP contribution in [-0.2, 0) is 14.3 Å². The summed E-state index contributed by atoms with van der Waals surface area (Å²) in [6.45, 7) is 7.26. The molecule has 0 radical (unpaired) electrons. The molecule has 0 aliphatic rings. The molecule has 0 saturated carbocycles. The maximum atomic E-state index is 11.7. The van der Waals surface area contributed by atoms with Gasteiger partial charge >= 0.3 is 12.1 Å². The molecule has 1 N–H and O–H groups in total. The Kier molecular flexibility index (Phi) is 6.83. The molecule has 0 aromatic heterocycles. The highest BCUT2D eigenvalue weighted by atomic mass is 16.6. The first-order chi connectivity index (χ1) is 8.56. The van der Waals surface area contributed by atoms with E-state index in [1.807, 2.05) is 25.9 Å². The number of rotatable bonds is 5. The zero-order valence-corrected chi connectivity index (χ0v) is 12.9. The zero-order chi connectivity index (χ0) is 15.2. The van der Waals surface area contributed by atoms with E-state index in [-0.39, 0.29) is 6.04 Å². The number of carbonyl (C=O) groups excluding carboxylic acids is 2. The number of hydrogen-bond acceptors (Lipinski definition) is 5. The van der Waals surface area contributed by atoms with Gasteiger partial charge in [-0.25, -0.2) is 9.59 Å². The Labute approximate surface area is 115 Å². The van der Waals surface area contributed by atoms with Gasteiger partial charge in [-0.3, -0.25) is 0 Å². The lowest BCUT2D eigenvalue weighted by Gasteiger charge is -2.26. The van der Waals surface area contributed by atoms with Gasteiger partial charge in [0.1, 0.15) is 11.6 Å². The lowest BCUT2D eigenvalue weighted by atomic mass is 10.1. The molecule has 0 fully saturated rings. The van der Waals surface area contributed by atoms with Crippen LogP contribution in [0.15, 0.2) is 0 Å². The van der Waals surface area contributed by atoms with Gasteiger partial charge in [0.25, 0.3) is 0 Å². The first-order valence-corrected chi connectivity index (χ1v) is 6.30. The summed E-state index contributed by atoms with van der Waals surface area (Å²) < 4.78 is 9.83. The van der Waals surface area contributed by atoms with Crippen molar-refractivity contribution in [3.05, 3.63) is 0 Å². The molecule has 0 saturated heterocycles. The molecule has 2 atom stereocenters. The van der Waals surface area contributed by atoms with E-state index in [2.05, 4.69) is 5.32 Å². The van der Waals surface area contributed by atoms with Crippen LogP contribution in [0.1, 0.15) is 34.1 Å². The molecule has 6 nitrogen and oxygen atoms in total. The minimum atomic E-state index is -0.711. The van der Waals surface area contributed by atoms with Crippen LogP contribution in [0.5, 0.6) is 0 Å². The second-order valence-corrected chi connectivity index (χ2v) is 5.77. The van der Waals surface area contributed by atoms with Crippen molar-refractivity contribution in [2.75, 3.05) is 21.2 Å². The van der Waals surface area contributed by atoms with Crippen molar-refractivity contribution in [2.24, 2.45) is 0 Å². The van der Waals surface area contributed by atoms with Crippen molar-refractivity contribution < 1.29 is 19.1 Å². The Bertz CT molecular complexity index is 310. The maximum Gasteiger partial charge on any atom is 0.408 e. The molecule has 0 heterocycles. The third-order valence-corrected chi connectivity index (χ3v) is 2.64. The summed E-state index contributed by atoms with van der Waals surface area (Å²) in [4.78, 5) is 25.3. The van der Waals surface area contributed by atoms with Crippen LogP contribution in [0.2, 0.25) is 0 Å². The fourth-order valence-electron chi connectivity index (χ4n) is 1.36.